The van der Waals surface area contributed by atoms with Crippen LogP contribution in [0.3, 0.4) is 0 Å². The van der Waals surface area contributed by atoms with E-state index in [9.17, 15) is 4.79 Å². The Balaban J connectivity index is 1.89. The maximum atomic E-state index is 12.5. The second kappa shape index (κ2) is 9.69. The van der Waals surface area contributed by atoms with E-state index in [2.05, 4.69) is 15.5 Å². The number of H-pyrrole nitrogens is 1. The average Bonchev–Trinajstić information content (AvgIpc) is 3.19. The lowest BCUT2D eigenvalue weighted by atomic mass is 10.1. The number of para-hydroxylation sites is 1. The van der Waals surface area contributed by atoms with Crippen LogP contribution < -0.4 is 24.3 Å². The van der Waals surface area contributed by atoms with Crippen LogP contribution in [0.1, 0.15) is 12.6 Å². The molecule has 0 aliphatic rings. The van der Waals surface area contributed by atoms with Crippen molar-refractivity contribution >= 4 is 11.6 Å². The fourth-order valence-corrected chi connectivity index (χ4v) is 3.04. The Morgan fingerprint density at radius 1 is 1.03 bits per heavy atom. The van der Waals surface area contributed by atoms with Gasteiger partial charge in [0, 0.05) is 5.56 Å². The summed E-state index contributed by atoms with van der Waals surface area (Å²) in [4.78, 5) is 12.5. The standard InChI is InChI=1S/C22H25N3O5/c1-5-16-21(23-19(26)13-30-15-9-7-6-8-10-15)20(25-24-16)14-11-17(27-2)22(29-4)18(12-14)28-3/h6-12H,5,13H2,1-4H3,(H,23,26)(H,24,25). The number of rotatable bonds is 9. The average molecular weight is 411 g/mol. The molecule has 3 rings (SSSR count). The number of hydrogen-bond donors (Lipinski definition) is 2. The highest BCUT2D eigenvalue weighted by atomic mass is 16.5. The molecule has 0 spiro atoms. The summed E-state index contributed by atoms with van der Waals surface area (Å²) in [7, 11) is 4.64. The molecule has 3 aromatic rings. The van der Waals surface area contributed by atoms with E-state index in [4.69, 9.17) is 18.9 Å². The van der Waals surface area contributed by atoms with Gasteiger partial charge in [0.25, 0.3) is 5.91 Å². The molecule has 0 fully saturated rings. The molecule has 1 heterocycles. The minimum Gasteiger partial charge on any atom is -0.493 e. The fraction of sp³-hybridized carbons (Fsp3) is 0.273. The Hall–Kier alpha value is -3.68. The molecule has 158 valence electrons. The molecular weight excluding hydrogens is 386 g/mol. The molecule has 0 aliphatic heterocycles. The van der Waals surface area contributed by atoms with Gasteiger partial charge in [0.05, 0.1) is 32.7 Å². The first kappa shape index (κ1) is 21.0. The topological polar surface area (TPSA) is 94.7 Å². The Bertz CT molecular complexity index is 976. The number of aromatic amines is 1. The number of methoxy groups -OCH3 is 3. The molecule has 0 bridgehead atoms. The normalized spacial score (nSPS) is 10.4. The SMILES string of the molecule is CCc1[nH]nc(-c2cc(OC)c(OC)c(OC)c2)c1NC(=O)COc1ccccc1. The van der Waals surface area contributed by atoms with E-state index in [1.54, 1.807) is 45.6 Å². The van der Waals surface area contributed by atoms with Crippen molar-refractivity contribution in [3.8, 4) is 34.3 Å². The molecule has 0 aliphatic carbocycles. The number of ether oxygens (including phenoxy) is 4. The molecule has 8 heteroatoms. The predicted molar refractivity (Wildman–Crippen MR) is 114 cm³/mol. The van der Waals surface area contributed by atoms with Crippen LogP contribution in [-0.4, -0.2) is 44.0 Å². The Kier molecular flexibility index (Phi) is 6.79. The van der Waals surface area contributed by atoms with Gasteiger partial charge < -0.3 is 24.3 Å². The molecule has 2 N–H and O–H groups in total. The maximum absolute atomic E-state index is 12.5. The van der Waals surface area contributed by atoms with Crippen LogP contribution in [-0.2, 0) is 11.2 Å². The first-order valence-corrected chi connectivity index (χ1v) is 9.46. The van der Waals surface area contributed by atoms with Gasteiger partial charge in [-0.25, -0.2) is 0 Å². The minimum absolute atomic E-state index is 0.118. The van der Waals surface area contributed by atoms with Crippen molar-refractivity contribution in [1.29, 1.82) is 0 Å². The van der Waals surface area contributed by atoms with E-state index in [-0.39, 0.29) is 12.5 Å². The number of nitrogens with one attached hydrogen (secondary N) is 2. The lowest BCUT2D eigenvalue weighted by Gasteiger charge is -2.14. The number of carbonyl (C=O) groups is 1. The van der Waals surface area contributed by atoms with E-state index in [0.717, 1.165) is 5.69 Å². The van der Waals surface area contributed by atoms with Gasteiger partial charge >= 0.3 is 0 Å². The van der Waals surface area contributed by atoms with Gasteiger partial charge in [0.2, 0.25) is 5.75 Å². The van der Waals surface area contributed by atoms with Gasteiger partial charge in [-0.1, -0.05) is 25.1 Å². The van der Waals surface area contributed by atoms with Crippen molar-refractivity contribution < 1.29 is 23.7 Å². The molecule has 1 aromatic heterocycles. The summed E-state index contributed by atoms with van der Waals surface area (Å²) in [6.07, 6.45) is 0.659. The summed E-state index contributed by atoms with van der Waals surface area (Å²) in [6.45, 7) is 1.86. The third kappa shape index (κ3) is 4.48. The molecule has 0 saturated heterocycles. The minimum atomic E-state index is -0.288. The highest BCUT2D eigenvalue weighted by Crippen LogP contribution is 2.42. The summed E-state index contributed by atoms with van der Waals surface area (Å²) in [5, 5.41) is 10.3. The number of benzene rings is 2. The Morgan fingerprint density at radius 2 is 1.70 bits per heavy atom. The second-order valence-electron chi connectivity index (χ2n) is 6.34. The van der Waals surface area contributed by atoms with E-state index in [0.29, 0.717) is 46.4 Å². The van der Waals surface area contributed by atoms with Crippen molar-refractivity contribution in [2.75, 3.05) is 33.3 Å². The highest BCUT2D eigenvalue weighted by Gasteiger charge is 2.21. The number of aryl methyl sites for hydroxylation is 1. The van der Waals surface area contributed by atoms with Crippen LogP contribution in [0.2, 0.25) is 0 Å². The summed E-state index contributed by atoms with van der Waals surface area (Å²) >= 11 is 0. The van der Waals surface area contributed by atoms with Crippen LogP contribution >= 0.6 is 0 Å². The highest BCUT2D eigenvalue weighted by molar-refractivity contribution is 5.96. The van der Waals surface area contributed by atoms with Gasteiger partial charge in [-0.05, 0) is 30.7 Å². The monoisotopic (exact) mass is 411 g/mol. The van der Waals surface area contributed by atoms with Gasteiger partial charge in [0.1, 0.15) is 11.4 Å². The van der Waals surface area contributed by atoms with Gasteiger partial charge in [-0.3, -0.25) is 9.89 Å². The molecule has 0 saturated carbocycles. The predicted octanol–water partition coefficient (Wildman–Crippen LogP) is 3.68. The third-order valence-corrected chi connectivity index (χ3v) is 4.51. The van der Waals surface area contributed by atoms with E-state index >= 15 is 0 Å². The largest absolute Gasteiger partial charge is 0.493 e. The molecule has 2 aromatic carbocycles. The van der Waals surface area contributed by atoms with Crippen LogP contribution in [0.15, 0.2) is 42.5 Å². The van der Waals surface area contributed by atoms with Gasteiger partial charge in [0.15, 0.2) is 18.1 Å². The summed E-state index contributed by atoms with van der Waals surface area (Å²) < 4.78 is 21.8. The summed E-state index contributed by atoms with van der Waals surface area (Å²) in [5.74, 6) is 1.82. The summed E-state index contributed by atoms with van der Waals surface area (Å²) in [5.41, 5.74) is 2.67. The van der Waals surface area contributed by atoms with Crippen molar-refractivity contribution in [2.45, 2.75) is 13.3 Å². The molecule has 8 nitrogen and oxygen atoms in total. The number of amides is 1. The second-order valence-corrected chi connectivity index (χ2v) is 6.34. The first-order valence-electron chi connectivity index (χ1n) is 9.46. The maximum Gasteiger partial charge on any atom is 0.262 e. The molecule has 30 heavy (non-hydrogen) atoms. The lowest BCUT2D eigenvalue weighted by molar-refractivity contribution is -0.118. The van der Waals surface area contributed by atoms with Crippen LogP contribution in [0.25, 0.3) is 11.3 Å². The number of nitrogens with zero attached hydrogens (tertiary/aromatic N) is 1. The van der Waals surface area contributed by atoms with Crippen molar-refractivity contribution in [3.05, 3.63) is 48.2 Å². The van der Waals surface area contributed by atoms with Crippen LogP contribution in [0.5, 0.6) is 23.0 Å². The number of anilines is 1. The quantitative estimate of drug-likeness (QED) is 0.558. The van der Waals surface area contributed by atoms with Crippen LogP contribution in [0.4, 0.5) is 5.69 Å². The number of hydrogen-bond acceptors (Lipinski definition) is 6. The zero-order chi connectivity index (χ0) is 21.5. The molecule has 0 radical (unpaired) electrons. The summed E-state index contributed by atoms with van der Waals surface area (Å²) in [6, 6.07) is 12.7. The first-order chi connectivity index (χ1) is 14.6. The Labute approximate surface area is 175 Å². The van der Waals surface area contributed by atoms with Gasteiger partial charge in [-0.15, -0.1) is 0 Å². The van der Waals surface area contributed by atoms with Crippen molar-refractivity contribution in [3.63, 3.8) is 0 Å². The molecule has 1 amide bonds. The van der Waals surface area contributed by atoms with E-state index in [1.165, 1.54) is 0 Å². The van der Waals surface area contributed by atoms with Crippen LogP contribution in [0, 0.1) is 0 Å². The zero-order valence-corrected chi connectivity index (χ0v) is 17.4. The molecule has 0 unspecified atom stereocenters. The molecular formula is C22H25N3O5. The molecule has 0 atom stereocenters. The number of aromatic nitrogens is 2. The third-order valence-electron chi connectivity index (χ3n) is 4.51. The van der Waals surface area contributed by atoms with E-state index < -0.39 is 0 Å². The van der Waals surface area contributed by atoms with Gasteiger partial charge in [-0.2, -0.15) is 5.10 Å². The zero-order valence-electron chi connectivity index (χ0n) is 17.4. The van der Waals surface area contributed by atoms with E-state index in [1.807, 2.05) is 25.1 Å². The van der Waals surface area contributed by atoms with Crippen molar-refractivity contribution in [2.24, 2.45) is 0 Å². The smallest absolute Gasteiger partial charge is 0.262 e. The fourth-order valence-electron chi connectivity index (χ4n) is 3.04. The van der Waals surface area contributed by atoms with Crippen molar-refractivity contribution in [1.82, 2.24) is 10.2 Å². The number of carbonyl (C=O) groups excluding carboxylic acids is 1. The Morgan fingerprint density at radius 3 is 2.27 bits per heavy atom. The lowest BCUT2D eigenvalue weighted by Crippen LogP contribution is -2.21.